The lowest BCUT2D eigenvalue weighted by Gasteiger charge is -2.19. The maximum atomic E-state index is 10.8. The molecule has 0 fully saturated rings. The van der Waals surface area contributed by atoms with Gasteiger partial charge in [-0.2, -0.15) is 0 Å². The van der Waals surface area contributed by atoms with E-state index in [-0.39, 0.29) is 6.04 Å². The zero-order chi connectivity index (χ0) is 12.8. The standard InChI is InChI=1S/C14H15N3O/c15-14(18)17-16-13(11-7-3-1-4-8-11)12-9-5-2-6-10-12/h1-10,13,16H,(H3,15,17,18). The van der Waals surface area contributed by atoms with E-state index in [1.165, 1.54) is 0 Å². The zero-order valence-electron chi connectivity index (χ0n) is 9.84. The number of carbonyl (C=O) groups is 1. The highest BCUT2D eigenvalue weighted by Gasteiger charge is 2.13. The largest absolute Gasteiger partial charge is 0.351 e. The second kappa shape index (κ2) is 5.84. The van der Waals surface area contributed by atoms with E-state index in [1.54, 1.807) is 0 Å². The van der Waals surface area contributed by atoms with E-state index in [4.69, 9.17) is 5.73 Å². The van der Waals surface area contributed by atoms with Crippen LogP contribution in [0.2, 0.25) is 0 Å². The molecule has 0 aromatic heterocycles. The van der Waals surface area contributed by atoms with E-state index in [0.29, 0.717) is 0 Å². The molecule has 0 saturated carbocycles. The molecule has 0 unspecified atom stereocenters. The molecule has 0 radical (unpaired) electrons. The molecule has 0 bridgehead atoms. The van der Waals surface area contributed by atoms with Gasteiger partial charge in [0.1, 0.15) is 0 Å². The van der Waals surface area contributed by atoms with Crippen molar-refractivity contribution < 1.29 is 4.79 Å². The molecule has 92 valence electrons. The first-order chi connectivity index (χ1) is 8.77. The van der Waals surface area contributed by atoms with E-state index in [2.05, 4.69) is 10.9 Å². The molecule has 0 aliphatic rings. The average Bonchev–Trinajstić information content (AvgIpc) is 2.41. The Bertz CT molecular complexity index is 459. The Morgan fingerprint density at radius 2 is 1.33 bits per heavy atom. The summed E-state index contributed by atoms with van der Waals surface area (Å²) >= 11 is 0. The molecule has 0 spiro atoms. The van der Waals surface area contributed by atoms with Crippen LogP contribution in [0.25, 0.3) is 0 Å². The third kappa shape index (κ3) is 3.09. The van der Waals surface area contributed by atoms with Crippen molar-refractivity contribution in [1.29, 1.82) is 0 Å². The minimum absolute atomic E-state index is 0.125. The van der Waals surface area contributed by atoms with Crippen LogP contribution in [0.4, 0.5) is 4.79 Å². The molecular weight excluding hydrogens is 226 g/mol. The van der Waals surface area contributed by atoms with Crippen molar-refractivity contribution in [2.45, 2.75) is 6.04 Å². The van der Waals surface area contributed by atoms with E-state index in [0.717, 1.165) is 11.1 Å². The zero-order valence-corrected chi connectivity index (χ0v) is 9.84. The number of hydrogen-bond donors (Lipinski definition) is 3. The maximum absolute atomic E-state index is 10.8. The smallest absolute Gasteiger partial charge is 0.326 e. The first-order valence-corrected chi connectivity index (χ1v) is 5.68. The van der Waals surface area contributed by atoms with Gasteiger partial charge in [0.05, 0.1) is 6.04 Å². The minimum atomic E-state index is -0.605. The SMILES string of the molecule is NC(=O)NNC(c1ccccc1)c1ccccc1. The summed E-state index contributed by atoms with van der Waals surface area (Å²) in [4.78, 5) is 10.8. The summed E-state index contributed by atoms with van der Waals surface area (Å²) in [5.74, 6) is 0. The number of urea groups is 1. The Labute approximate surface area is 106 Å². The van der Waals surface area contributed by atoms with Crippen molar-refractivity contribution in [1.82, 2.24) is 10.9 Å². The molecule has 2 rings (SSSR count). The monoisotopic (exact) mass is 241 g/mol. The van der Waals surface area contributed by atoms with Crippen molar-refractivity contribution in [3.05, 3.63) is 71.8 Å². The first-order valence-electron chi connectivity index (χ1n) is 5.68. The summed E-state index contributed by atoms with van der Waals surface area (Å²) in [6.07, 6.45) is 0. The fraction of sp³-hybridized carbons (Fsp3) is 0.0714. The molecule has 18 heavy (non-hydrogen) atoms. The Morgan fingerprint density at radius 3 is 1.72 bits per heavy atom. The van der Waals surface area contributed by atoms with E-state index in [1.807, 2.05) is 60.7 Å². The average molecular weight is 241 g/mol. The number of rotatable bonds is 4. The van der Waals surface area contributed by atoms with Crippen LogP contribution in [0.15, 0.2) is 60.7 Å². The molecule has 4 nitrogen and oxygen atoms in total. The van der Waals surface area contributed by atoms with Crippen molar-refractivity contribution in [2.75, 3.05) is 0 Å². The van der Waals surface area contributed by atoms with Crippen LogP contribution in [0.5, 0.6) is 0 Å². The predicted octanol–water partition coefficient (Wildman–Crippen LogP) is 1.95. The Kier molecular flexibility index (Phi) is 3.94. The summed E-state index contributed by atoms with van der Waals surface area (Å²) in [7, 11) is 0. The first kappa shape index (κ1) is 12.1. The van der Waals surface area contributed by atoms with Gasteiger partial charge in [-0.05, 0) is 11.1 Å². The molecule has 0 heterocycles. The van der Waals surface area contributed by atoms with Gasteiger partial charge < -0.3 is 5.73 Å². The quantitative estimate of drug-likeness (QED) is 0.716. The predicted molar refractivity (Wildman–Crippen MR) is 70.6 cm³/mol. The lowest BCUT2D eigenvalue weighted by atomic mass is 9.99. The highest BCUT2D eigenvalue weighted by atomic mass is 16.2. The van der Waals surface area contributed by atoms with Crippen molar-refractivity contribution >= 4 is 6.03 Å². The Balaban J connectivity index is 2.26. The highest BCUT2D eigenvalue weighted by molar-refractivity contribution is 5.71. The number of hydrazine groups is 1. The van der Waals surface area contributed by atoms with Crippen LogP contribution in [0, 0.1) is 0 Å². The fourth-order valence-electron chi connectivity index (χ4n) is 1.79. The number of carbonyl (C=O) groups excluding carboxylic acids is 1. The number of primary amides is 1. The van der Waals surface area contributed by atoms with Gasteiger partial charge in [0, 0.05) is 0 Å². The third-order valence-corrected chi connectivity index (χ3v) is 2.61. The molecule has 4 N–H and O–H groups in total. The van der Waals surface area contributed by atoms with Crippen LogP contribution in [-0.4, -0.2) is 6.03 Å². The second-order valence-electron chi connectivity index (χ2n) is 3.89. The van der Waals surface area contributed by atoms with Gasteiger partial charge in [-0.3, -0.25) is 5.43 Å². The van der Waals surface area contributed by atoms with E-state index in [9.17, 15) is 4.79 Å². The van der Waals surface area contributed by atoms with Gasteiger partial charge in [0.25, 0.3) is 0 Å². The lowest BCUT2D eigenvalue weighted by Crippen LogP contribution is -2.43. The summed E-state index contributed by atoms with van der Waals surface area (Å²) in [6, 6.07) is 19.0. The molecule has 4 heteroatoms. The Morgan fingerprint density at radius 1 is 0.889 bits per heavy atom. The number of nitrogens with two attached hydrogens (primary N) is 1. The molecule has 0 aliphatic heterocycles. The molecule has 2 aromatic carbocycles. The summed E-state index contributed by atoms with van der Waals surface area (Å²) in [5, 5.41) is 0. The molecule has 0 saturated heterocycles. The normalized spacial score (nSPS) is 10.3. The number of hydrogen-bond acceptors (Lipinski definition) is 2. The van der Waals surface area contributed by atoms with E-state index < -0.39 is 6.03 Å². The molecular formula is C14H15N3O. The minimum Gasteiger partial charge on any atom is -0.351 e. The number of amides is 2. The van der Waals surface area contributed by atoms with Gasteiger partial charge >= 0.3 is 6.03 Å². The fourth-order valence-corrected chi connectivity index (χ4v) is 1.79. The molecule has 0 atom stereocenters. The van der Waals surface area contributed by atoms with Gasteiger partial charge in [0.15, 0.2) is 0 Å². The van der Waals surface area contributed by atoms with Gasteiger partial charge in [-0.1, -0.05) is 60.7 Å². The van der Waals surface area contributed by atoms with Crippen LogP contribution in [0.1, 0.15) is 17.2 Å². The summed E-state index contributed by atoms with van der Waals surface area (Å²) in [6.45, 7) is 0. The lowest BCUT2D eigenvalue weighted by molar-refractivity contribution is 0.243. The van der Waals surface area contributed by atoms with Crippen LogP contribution >= 0.6 is 0 Å². The van der Waals surface area contributed by atoms with Crippen molar-refractivity contribution in [3.63, 3.8) is 0 Å². The van der Waals surface area contributed by atoms with Gasteiger partial charge in [-0.25, -0.2) is 10.2 Å². The van der Waals surface area contributed by atoms with Crippen molar-refractivity contribution in [3.8, 4) is 0 Å². The highest BCUT2D eigenvalue weighted by Crippen LogP contribution is 2.20. The number of benzene rings is 2. The molecule has 0 aliphatic carbocycles. The summed E-state index contributed by atoms with van der Waals surface area (Å²) in [5.41, 5.74) is 12.5. The second-order valence-corrected chi connectivity index (χ2v) is 3.89. The van der Waals surface area contributed by atoms with Crippen LogP contribution in [-0.2, 0) is 0 Å². The van der Waals surface area contributed by atoms with Gasteiger partial charge in [-0.15, -0.1) is 0 Å². The number of nitrogens with one attached hydrogen (secondary N) is 2. The van der Waals surface area contributed by atoms with Crippen LogP contribution < -0.4 is 16.6 Å². The third-order valence-electron chi connectivity index (χ3n) is 2.61. The molecule has 2 amide bonds. The van der Waals surface area contributed by atoms with Crippen molar-refractivity contribution in [2.24, 2.45) is 5.73 Å². The van der Waals surface area contributed by atoms with Gasteiger partial charge in [0.2, 0.25) is 0 Å². The Hall–Kier alpha value is -2.33. The van der Waals surface area contributed by atoms with E-state index >= 15 is 0 Å². The molecule has 2 aromatic rings. The topological polar surface area (TPSA) is 67.2 Å². The van der Waals surface area contributed by atoms with Crippen LogP contribution in [0.3, 0.4) is 0 Å². The maximum Gasteiger partial charge on any atom is 0.326 e. The summed E-state index contributed by atoms with van der Waals surface area (Å²) < 4.78 is 0.